The molecule has 7 nitrogen and oxygen atoms in total. The molecular formula is C19H21N3O4. The Bertz CT molecular complexity index is 899. The number of hydrogen-bond acceptors (Lipinski definition) is 5. The lowest BCUT2D eigenvalue weighted by molar-refractivity contribution is 0.0270. The van der Waals surface area contributed by atoms with Crippen molar-refractivity contribution in [3.8, 4) is 0 Å². The summed E-state index contributed by atoms with van der Waals surface area (Å²) < 4.78 is 5.40. The predicted molar refractivity (Wildman–Crippen MR) is 96.9 cm³/mol. The van der Waals surface area contributed by atoms with Crippen LogP contribution in [0.4, 0.5) is 4.79 Å². The average Bonchev–Trinajstić information content (AvgIpc) is 2.59. The Kier molecular flexibility index (Phi) is 4.63. The highest BCUT2D eigenvalue weighted by Gasteiger charge is 2.24. The lowest BCUT2D eigenvalue weighted by Gasteiger charge is -2.29. The Morgan fingerprint density at radius 3 is 2.62 bits per heavy atom. The quantitative estimate of drug-likeness (QED) is 0.888. The van der Waals surface area contributed by atoms with Gasteiger partial charge >= 0.3 is 12.1 Å². The van der Waals surface area contributed by atoms with Gasteiger partial charge in [-0.2, -0.15) is 0 Å². The third-order valence-corrected chi connectivity index (χ3v) is 4.05. The minimum Gasteiger partial charge on any atom is -0.478 e. The van der Waals surface area contributed by atoms with Crippen LogP contribution in [0.3, 0.4) is 0 Å². The van der Waals surface area contributed by atoms with Crippen molar-refractivity contribution in [1.82, 2.24) is 14.9 Å². The molecule has 1 aromatic heterocycles. The van der Waals surface area contributed by atoms with E-state index in [4.69, 9.17) is 9.84 Å². The normalized spacial score (nSPS) is 14.9. The number of hydrogen-bond donors (Lipinski definition) is 1. The number of carboxylic acid groups (broad SMARTS) is 1. The molecule has 7 heteroatoms. The topological polar surface area (TPSA) is 92.6 Å². The van der Waals surface area contributed by atoms with Crippen molar-refractivity contribution in [2.45, 2.75) is 32.8 Å². The van der Waals surface area contributed by atoms with E-state index in [9.17, 15) is 9.59 Å². The van der Waals surface area contributed by atoms with Crippen LogP contribution in [0.25, 0.3) is 16.5 Å². The van der Waals surface area contributed by atoms with Gasteiger partial charge in [0, 0.05) is 18.5 Å². The summed E-state index contributed by atoms with van der Waals surface area (Å²) >= 11 is 0. The molecule has 1 aliphatic heterocycles. The Morgan fingerprint density at radius 2 is 2.00 bits per heavy atom. The molecule has 0 radical (unpaired) electrons. The molecule has 0 atom stereocenters. The standard InChI is InChI=1S/C19H21N3O4/c1-19(2,3)26-18(25)22-8-6-12(7-9-22)16-14-5-4-13(17(23)24)10-15(14)20-11-21-16/h4-6,10-11H,7-9H2,1-3H3,(H,23,24). The first-order valence-corrected chi connectivity index (χ1v) is 8.40. The van der Waals surface area contributed by atoms with Gasteiger partial charge in [-0.15, -0.1) is 0 Å². The summed E-state index contributed by atoms with van der Waals surface area (Å²) in [5, 5.41) is 9.92. The fourth-order valence-corrected chi connectivity index (χ4v) is 2.82. The van der Waals surface area contributed by atoms with Gasteiger partial charge in [-0.25, -0.2) is 19.6 Å². The highest BCUT2D eigenvalue weighted by atomic mass is 16.6. The lowest BCUT2D eigenvalue weighted by Crippen LogP contribution is -2.39. The Balaban J connectivity index is 1.84. The molecule has 0 bridgehead atoms. The average molecular weight is 355 g/mol. The second-order valence-corrected chi connectivity index (χ2v) is 7.17. The van der Waals surface area contributed by atoms with Crippen LogP contribution < -0.4 is 0 Å². The van der Waals surface area contributed by atoms with Crippen molar-refractivity contribution < 1.29 is 19.4 Å². The van der Waals surface area contributed by atoms with Gasteiger partial charge in [0.15, 0.2) is 0 Å². The molecule has 1 amide bonds. The van der Waals surface area contributed by atoms with Crippen molar-refractivity contribution in [1.29, 1.82) is 0 Å². The third-order valence-electron chi connectivity index (χ3n) is 4.05. The van der Waals surface area contributed by atoms with Crippen molar-refractivity contribution in [2.24, 2.45) is 0 Å². The van der Waals surface area contributed by atoms with Gasteiger partial charge in [-0.1, -0.05) is 6.08 Å². The number of fused-ring (bicyclic) bond motifs is 1. The highest BCUT2D eigenvalue weighted by Crippen LogP contribution is 2.27. The Labute approximate surface area is 151 Å². The molecule has 3 rings (SSSR count). The van der Waals surface area contributed by atoms with Crippen LogP contribution in [0.15, 0.2) is 30.6 Å². The van der Waals surface area contributed by atoms with Crippen LogP contribution in [-0.2, 0) is 4.74 Å². The molecule has 2 heterocycles. The maximum Gasteiger partial charge on any atom is 0.410 e. The summed E-state index contributed by atoms with van der Waals surface area (Å²) in [5.41, 5.74) is 2.04. The van der Waals surface area contributed by atoms with Crippen LogP contribution in [0.1, 0.15) is 43.2 Å². The second kappa shape index (κ2) is 6.74. The van der Waals surface area contributed by atoms with Crippen molar-refractivity contribution in [2.75, 3.05) is 13.1 Å². The SMILES string of the molecule is CC(C)(C)OC(=O)N1CC=C(c2ncnc3cc(C(=O)O)ccc23)CC1. The highest BCUT2D eigenvalue weighted by molar-refractivity contribution is 5.96. The van der Waals surface area contributed by atoms with E-state index in [0.29, 0.717) is 25.0 Å². The zero-order valence-corrected chi connectivity index (χ0v) is 15.0. The second-order valence-electron chi connectivity index (χ2n) is 7.17. The predicted octanol–water partition coefficient (Wildman–Crippen LogP) is 3.35. The van der Waals surface area contributed by atoms with Gasteiger partial charge < -0.3 is 14.7 Å². The van der Waals surface area contributed by atoms with E-state index < -0.39 is 11.6 Å². The monoisotopic (exact) mass is 355 g/mol. The van der Waals surface area contributed by atoms with Gasteiger partial charge in [0.2, 0.25) is 0 Å². The van der Waals surface area contributed by atoms with E-state index in [1.165, 1.54) is 6.33 Å². The van der Waals surface area contributed by atoms with Gasteiger partial charge in [0.1, 0.15) is 11.9 Å². The first-order valence-electron chi connectivity index (χ1n) is 8.40. The summed E-state index contributed by atoms with van der Waals surface area (Å²) in [5.74, 6) is -0.989. The molecule has 0 spiro atoms. The molecule has 136 valence electrons. The maximum absolute atomic E-state index is 12.2. The first kappa shape index (κ1) is 17.8. The number of rotatable bonds is 2. The number of carbonyl (C=O) groups excluding carboxylic acids is 1. The minimum atomic E-state index is -0.989. The van der Waals surface area contributed by atoms with E-state index in [1.807, 2.05) is 26.8 Å². The molecule has 0 unspecified atom stereocenters. The summed E-state index contributed by atoms with van der Waals surface area (Å²) in [7, 11) is 0. The van der Waals surface area contributed by atoms with Gasteiger partial charge in [-0.05, 0) is 51.0 Å². The van der Waals surface area contributed by atoms with Crippen molar-refractivity contribution >= 4 is 28.5 Å². The lowest BCUT2D eigenvalue weighted by atomic mass is 10.00. The fourth-order valence-electron chi connectivity index (χ4n) is 2.82. The molecule has 0 saturated heterocycles. The zero-order valence-electron chi connectivity index (χ0n) is 15.0. The summed E-state index contributed by atoms with van der Waals surface area (Å²) in [6.07, 6.45) is 3.71. The summed E-state index contributed by atoms with van der Waals surface area (Å²) in [4.78, 5) is 33.5. The summed E-state index contributed by atoms with van der Waals surface area (Å²) in [6.45, 7) is 6.51. The molecule has 2 aromatic rings. The largest absolute Gasteiger partial charge is 0.478 e. The number of nitrogens with zero attached hydrogens (tertiary/aromatic N) is 3. The Morgan fingerprint density at radius 1 is 1.23 bits per heavy atom. The molecule has 0 saturated carbocycles. The number of amides is 1. The number of ether oxygens (including phenoxy) is 1. The minimum absolute atomic E-state index is 0.191. The van der Waals surface area contributed by atoms with Gasteiger partial charge in [0.25, 0.3) is 0 Å². The van der Waals surface area contributed by atoms with Crippen LogP contribution in [-0.4, -0.2) is 50.7 Å². The summed E-state index contributed by atoms with van der Waals surface area (Å²) in [6, 6.07) is 4.82. The number of aromatic nitrogens is 2. The van der Waals surface area contributed by atoms with E-state index in [0.717, 1.165) is 16.7 Å². The molecule has 1 aliphatic rings. The van der Waals surface area contributed by atoms with E-state index in [-0.39, 0.29) is 11.7 Å². The van der Waals surface area contributed by atoms with Crippen LogP contribution in [0.5, 0.6) is 0 Å². The molecule has 1 N–H and O–H groups in total. The van der Waals surface area contributed by atoms with Gasteiger partial charge in [-0.3, -0.25) is 0 Å². The van der Waals surface area contributed by atoms with Crippen molar-refractivity contribution in [3.05, 3.63) is 41.9 Å². The van der Waals surface area contributed by atoms with Crippen LogP contribution >= 0.6 is 0 Å². The zero-order chi connectivity index (χ0) is 18.9. The number of carboxylic acids is 1. The third kappa shape index (κ3) is 3.82. The van der Waals surface area contributed by atoms with Crippen molar-refractivity contribution in [3.63, 3.8) is 0 Å². The molecular weight excluding hydrogens is 334 g/mol. The maximum atomic E-state index is 12.2. The Hall–Kier alpha value is -2.96. The smallest absolute Gasteiger partial charge is 0.410 e. The van der Waals surface area contributed by atoms with E-state index in [1.54, 1.807) is 23.1 Å². The molecule has 0 fully saturated rings. The first-order chi connectivity index (χ1) is 12.2. The molecule has 1 aromatic carbocycles. The fraction of sp³-hybridized carbons (Fsp3) is 0.368. The van der Waals surface area contributed by atoms with Crippen LogP contribution in [0.2, 0.25) is 0 Å². The van der Waals surface area contributed by atoms with Gasteiger partial charge in [0.05, 0.1) is 16.8 Å². The molecule has 0 aliphatic carbocycles. The number of carbonyl (C=O) groups is 2. The van der Waals surface area contributed by atoms with E-state index >= 15 is 0 Å². The van der Waals surface area contributed by atoms with Crippen LogP contribution in [0, 0.1) is 0 Å². The number of aromatic carboxylic acids is 1. The van der Waals surface area contributed by atoms with E-state index in [2.05, 4.69) is 9.97 Å². The number of benzene rings is 1. The molecule has 26 heavy (non-hydrogen) atoms.